The van der Waals surface area contributed by atoms with Crippen LogP contribution >= 0.6 is 0 Å². The molecule has 4 rings (SSSR count). The zero-order valence-corrected chi connectivity index (χ0v) is 22.0. The summed E-state index contributed by atoms with van der Waals surface area (Å²) in [6.07, 6.45) is -6.93. The molecule has 2 aromatic rings. The van der Waals surface area contributed by atoms with E-state index in [9.17, 15) is 19.2 Å². The largest absolute Gasteiger partial charge is 0.467 e. The van der Waals surface area contributed by atoms with E-state index < -0.39 is 60.9 Å². The molecule has 2 heterocycles. The molecule has 0 bridgehead atoms. The summed E-state index contributed by atoms with van der Waals surface area (Å²) < 4.78 is 41.2. The molecule has 2 saturated heterocycles. The number of rotatable bonds is 6. The lowest BCUT2D eigenvalue weighted by Crippen LogP contribution is -2.38. The van der Waals surface area contributed by atoms with Crippen LogP contribution in [0.3, 0.4) is 0 Å². The van der Waals surface area contributed by atoms with E-state index in [-0.39, 0.29) is 0 Å². The Morgan fingerprint density at radius 1 is 0.500 bits per heavy atom. The fourth-order valence-corrected chi connectivity index (χ4v) is 3.97. The van der Waals surface area contributed by atoms with E-state index in [1.165, 1.54) is 28.4 Å². The van der Waals surface area contributed by atoms with Gasteiger partial charge in [0.05, 0.1) is 28.4 Å². The Labute approximate surface area is 229 Å². The highest BCUT2D eigenvalue weighted by Crippen LogP contribution is 2.34. The molecular weight excluding hydrogens is 528 g/mol. The van der Waals surface area contributed by atoms with Crippen molar-refractivity contribution in [3.8, 4) is 11.8 Å². The second kappa shape index (κ2) is 12.7. The van der Waals surface area contributed by atoms with Gasteiger partial charge in [-0.25, -0.2) is 19.2 Å². The average molecular weight is 555 g/mol. The Morgan fingerprint density at radius 3 is 0.975 bits per heavy atom. The van der Waals surface area contributed by atoms with Crippen LogP contribution in [0.2, 0.25) is 0 Å². The van der Waals surface area contributed by atoms with Crippen molar-refractivity contribution in [2.24, 2.45) is 0 Å². The maximum absolute atomic E-state index is 12.0. The fraction of sp³-hybridized carbons (Fsp3) is 0.357. The quantitative estimate of drug-likeness (QED) is 0.289. The number of methoxy groups -OCH3 is 4. The summed E-state index contributed by atoms with van der Waals surface area (Å²) in [4.78, 5) is 48.0. The van der Waals surface area contributed by atoms with Gasteiger partial charge in [0.25, 0.3) is 0 Å². The van der Waals surface area contributed by atoms with Gasteiger partial charge in [0.2, 0.25) is 0 Å². The monoisotopic (exact) mass is 554 g/mol. The van der Waals surface area contributed by atoms with Crippen molar-refractivity contribution in [1.29, 1.82) is 0 Å². The Morgan fingerprint density at radius 2 is 0.750 bits per heavy atom. The minimum Gasteiger partial charge on any atom is -0.467 e. The number of hydrogen-bond donors (Lipinski definition) is 0. The lowest BCUT2D eigenvalue weighted by atomic mass is 10.1. The van der Waals surface area contributed by atoms with E-state index >= 15 is 0 Å². The number of carbonyl (C=O) groups excluding carboxylic acids is 4. The Bertz CT molecular complexity index is 1160. The number of ether oxygens (including phenoxy) is 8. The molecule has 2 aromatic carbocycles. The molecule has 210 valence electrons. The van der Waals surface area contributed by atoms with E-state index in [1.807, 2.05) is 0 Å². The van der Waals surface area contributed by atoms with E-state index in [0.29, 0.717) is 22.3 Å². The van der Waals surface area contributed by atoms with Crippen LogP contribution in [-0.2, 0) is 57.1 Å². The standard InChI is InChI=1S/C28H26O12/c1-33-23(29)19-20(24(30)34-2)38-27(37-19)17-11-7-15(8-12-17)5-6-16-9-13-18(14-10-16)28-39-21(25(31)35-3)22(40-28)26(32)36-4/h7-14,19-22,27-28H,1-4H3/t19-,20-,21-,22-/m1/s1. The highest BCUT2D eigenvalue weighted by molar-refractivity contribution is 5.86. The summed E-state index contributed by atoms with van der Waals surface area (Å²) in [5.41, 5.74) is 2.51. The van der Waals surface area contributed by atoms with Gasteiger partial charge in [0.15, 0.2) is 37.0 Å². The molecule has 2 fully saturated rings. The lowest BCUT2D eigenvalue weighted by Gasteiger charge is -2.11. The summed E-state index contributed by atoms with van der Waals surface area (Å²) in [6, 6.07) is 13.8. The molecule has 2 aliphatic rings. The molecule has 2 aliphatic heterocycles. The van der Waals surface area contributed by atoms with Crippen molar-refractivity contribution < 1.29 is 57.1 Å². The molecule has 4 atom stereocenters. The van der Waals surface area contributed by atoms with Crippen LogP contribution in [0.1, 0.15) is 34.8 Å². The Hall–Kier alpha value is -4.28. The first kappa shape index (κ1) is 28.7. The van der Waals surface area contributed by atoms with Crippen molar-refractivity contribution in [1.82, 2.24) is 0 Å². The SMILES string of the molecule is COC(=O)[C@@H]1OC(c2ccc(C#Cc3ccc(C4O[C@@H](C(=O)OC)[C@H](C(=O)OC)O4)cc3)cc2)O[C@H]1C(=O)OC. The molecular formula is C28H26O12. The van der Waals surface area contributed by atoms with E-state index in [1.54, 1.807) is 48.5 Å². The fourth-order valence-electron chi connectivity index (χ4n) is 3.97. The second-order valence-corrected chi connectivity index (χ2v) is 8.48. The van der Waals surface area contributed by atoms with Crippen LogP contribution < -0.4 is 0 Å². The van der Waals surface area contributed by atoms with Crippen molar-refractivity contribution in [3.05, 3.63) is 70.8 Å². The van der Waals surface area contributed by atoms with Gasteiger partial charge in [-0.1, -0.05) is 36.1 Å². The van der Waals surface area contributed by atoms with Crippen molar-refractivity contribution in [2.45, 2.75) is 37.0 Å². The summed E-state index contributed by atoms with van der Waals surface area (Å²) in [7, 11) is 4.74. The first-order valence-corrected chi connectivity index (χ1v) is 11.9. The molecule has 0 amide bonds. The van der Waals surface area contributed by atoms with E-state index in [4.69, 9.17) is 18.9 Å². The average Bonchev–Trinajstić information content (AvgIpc) is 3.65. The predicted octanol–water partition coefficient (Wildman–Crippen LogP) is 1.34. The van der Waals surface area contributed by atoms with Crippen LogP contribution in [0.5, 0.6) is 0 Å². The summed E-state index contributed by atoms with van der Waals surface area (Å²) in [6.45, 7) is 0. The van der Waals surface area contributed by atoms with E-state index in [0.717, 1.165) is 0 Å². The third-order valence-corrected chi connectivity index (χ3v) is 6.08. The third kappa shape index (κ3) is 6.13. The van der Waals surface area contributed by atoms with Crippen molar-refractivity contribution in [3.63, 3.8) is 0 Å². The third-order valence-electron chi connectivity index (χ3n) is 6.08. The van der Waals surface area contributed by atoms with Crippen LogP contribution in [-0.4, -0.2) is 76.7 Å². The zero-order valence-electron chi connectivity index (χ0n) is 22.0. The highest BCUT2D eigenvalue weighted by Gasteiger charge is 2.48. The summed E-state index contributed by atoms with van der Waals surface area (Å²) in [5, 5.41) is 0. The molecule has 0 spiro atoms. The van der Waals surface area contributed by atoms with Gasteiger partial charge in [-0.15, -0.1) is 0 Å². The molecule has 12 heteroatoms. The predicted molar refractivity (Wildman–Crippen MR) is 132 cm³/mol. The number of hydrogen-bond acceptors (Lipinski definition) is 12. The lowest BCUT2D eigenvalue weighted by molar-refractivity contribution is -0.160. The summed E-state index contributed by atoms with van der Waals surface area (Å²) in [5.74, 6) is 3.08. The van der Waals surface area contributed by atoms with Crippen molar-refractivity contribution in [2.75, 3.05) is 28.4 Å². The molecule has 40 heavy (non-hydrogen) atoms. The minimum atomic E-state index is -1.25. The number of benzene rings is 2. The molecule has 0 aromatic heterocycles. The van der Waals surface area contributed by atoms with E-state index in [2.05, 4.69) is 30.8 Å². The zero-order chi connectivity index (χ0) is 28.8. The molecule has 0 radical (unpaired) electrons. The normalized spacial score (nSPS) is 22.6. The number of esters is 4. The summed E-state index contributed by atoms with van der Waals surface area (Å²) >= 11 is 0. The second-order valence-electron chi connectivity index (χ2n) is 8.48. The maximum atomic E-state index is 12.0. The Kier molecular flexibility index (Phi) is 9.13. The van der Waals surface area contributed by atoms with Crippen LogP contribution in [0.4, 0.5) is 0 Å². The smallest absolute Gasteiger partial charge is 0.338 e. The van der Waals surface area contributed by atoms with Crippen LogP contribution in [0, 0.1) is 11.8 Å². The van der Waals surface area contributed by atoms with Gasteiger partial charge in [-0.3, -0.25) is 0 Å². The van der Waals surface area contributed by atoms with Gasteiger partial charge < -0.3 is 37.9 Å². The molecule has 0 saturated carbocycles. The van der Waals surface area contributed by atoms with Gasteiger partial charge in [0.1, 0.15) is 0 Å². The number of carbonyl (C=O) groups is 4. The molecule has 0 N–H and O–H groups in total. The minimum absolute atomic E-state index is 0.572. The van der Waals surface area contributed by atoms with Crippen molar-refractivity contribution >= 4 is 23.9 Å². The highest BCUT2D eigenvalue weighted by atomic mass is 16.8. The maximum Gasteiger partial charge on any atom is 0.338 e. The van der Waals surface area contributed by atoms with Crippen LogP contribution in [0.15, 0.2) is 48.5 Å². The van der Waals surface area contributed by atoms with Gasteiger partial charge in [0, 0.05) is 22.3 Å². The molecule has 12 nitrogen and oxygen atoms in total. The van der Waals surface area contributed by atoms with Gasteiger partial charge >= 0.3 is 23.9 Å². The van der Waals surface area contributed by atoms with Gasteiger partial charge in [-0.05, 0) is 24.3 Å². The molecule has 0 aliphatic carbocycles. The van der Waals surface area contributed by atoms with Gasteiger partial charge in [-0.2, -0.15) is 0 Å². The Balaban J connectivity index is 1.41. The van der Waals surface area contributed by atoms with Crippen LogP contribution in [0.25, 0.3) is 0 Å². The first-order valence-electron chi connectivity index (χ1n) is 11.9. The molecule has 0 unspecified atom stereocenters. The topological polar surface area (TPSA) is 142 Å². The first-order chi connectivity index (χ1) is 19.3.